The van der Waals surface area contributed by atoms with Gasteiger partial charge in [-0.1, -0.05) is 42.3 Å². The number of rotatable bonds is 4. The fraction of sp³-hybridized carbons (Fsp3) is 0.133. The molecule has 0 fully saturated rings. The van der Waals surface area contributed by atoms with Crippen LogP contribution in [0.4, 0.5) is 0 Å². The first-order valence-corrected chi connectivity index (χ1v) is 7.23. The van der Waals surface area contributed by atoms with E-state index in [1.165, 1.54) is 0 Å². The molecule has 0 amide bonds. The summed E-state index contributed by atoms with van der Waals surface area (Å²) in [5.74, 6) is 1.34. The van der Waals surface area contributed by atoms with Gasteiger partial charge in [0.25, 0.3) is 0 Å². The number of hydrogen-bond donors (Lipinski definition) is 1. The molecule has 0 unspecified atom stereocenters. The third-order valence-electron chi connectivity index (χ3n) is 2.84. The van der Waals surface area contributed by atoms with Gasteiger partial charge >= 0.3 is 0 Å². The molecule has 0 aliphatic heterocycles. The van der Waals surface area contributed by atoms with Crippen molar-refractivity contribution in [2.75, 3.05) is 0 Å². The zero-order valence-electron chi connectivity index (χ0n) is 10.8. The fourth-order valence-corrected chi connectivity index (χ4v) is 2.54. The van der Waals surface area contributed by atoms with Crippen molar-refractivity contribution >= 4 is 40.4 Å². The van der Waals surface area contributed by atoms with Gasteiger partial charge in [-0.25, -0.2) is 0 Å². The fourth-order valence-electron chi connectivity index (χ4n) is 1.78. The van der Waals surface area contributed by atoms with Crippen LogP contribution in [0.5, 0.6) is 11.5 Å². The maximum atomic E-state index is 6.11. The highest BCUT2D eigenvalue weighted by molar-refractivity contribution is 7.80. The third kappa shape index (κ3) is 3.42. The predicted molar refractivity (Wildman–Crippen MR) is 88.2 cm³/mol. The lowest BCUT2D eigenvalue weighted by Gasteiger charge is -2.10. The summed E-state index contributed by atoms with van der Waals surface area (Å²) in [6.07, 6.45) is 0.844. The smallest absolute Gasteiger partial charge is 0.128 e. The predicted octanol–water partition coefficient (Wildman–Crippen LogP) is 4.98. The Bertz CT molecular complexity index is 658. The number of aryl methyl sites for hydroxylation is 1. The Morgan fingerprint density at radius 2 is 1.75 bits per heavy atom. The Morgan fingerprint density at radius 3 is 2.35 bits per heavy atom. The number of halogens is 2. The summed E-state index contributed by atoms with van der Waals surface area (Å²) in [7, 11) is 0. The second kappa shape index (κ2) is 6.44. The van der Waals surface area contributed by atoms with Crippen LogP contribution in [0.1, 0.15) is 18.1 Å². The number of hydrogen-bond acceptors (Lipinski definition) is 2. The SMILES string of the molecule is CCc1cc(Oc2ccc(C(N)=S)c(Cl)c2)ccc1Cl. The summed E-state index contributed by atoms with van der Waals surface area (Å²) in [6, 6.07) is 10.8. The van der Waals surface area contributed by atoms with Crippen LogP contribution in [0, 0.1) is 0 Å². The number of thiocarbonyl (C=S) groups is 1. The molecule has 0 saturated carbocycles. The van der Waals surface area contributed by atoms with E-state index in [2.05, 4.69) is 0 Å². The lowest BCUT2D eigenvalue weighted by atomic mass is 10.1. The van der Waals surface area contributed by atoms with Crippen molar-refractivity contribution in [1.82, 2.24) is 0 Å². The van der Waals surface area contributed by atoms with Crippen molar-refractivity contribution in [3.05, 3.63) is 57.6 Å². The van der Waals surface area contributed by atoms with Crippen LogP contribution in [0.3, 0.4) is 0 Å². The van der Waals surface area contributed by atoms with Crippen LogP contribution < -0.4 is 10.5 Å². The number of ether oxygens (including phenoxy) is 1. The van der Waals surface area contributed by atoms with Gasteiger partial charge in [-0.15, -0.1) is 0 Å². The molecule has 0 aromatic heterocycles. The quantitative estimate of drug-likeness (QED) is 0.805. The maximum Gasteiger partial charge on any atom is 0.128 e. The first-order chi connectivity index (χ1) is 9.51. The summed E-state index contributed by atoms with van der Waals surface area (Å²) in [4.78, 5) is 0.265. The lowest BCUT2D eigenvalue weighted by molar-refractivity contribution is 0.482. The van der Waals surface area contributed by atoms with Crippen molar-refractivity contribution in [2.24, 2.45) is 5.73 Å². The van der Waals surface area contributed by atoms with E-state index in [-0.39, 0.29) is 4.99 Å². The summed E-state index contributed by atoms with van der Waals surface area (Å²) in [6.45, 7) is 2.04. The van der Waals surface area contributed by atoms with Gasteiger partial charge in [0, 0.05) is 16.7 Å². The van der Waals surface area contributed by atoms with Crippen LogP contribution >= 0.6 is 35.4 Å². The molecule has 0 bridgehead atoms. The Balaban J connectivity index is 2.26. The summed E-state index contributed by atoms with van der Waals surface area (Å²) in [5.41, 5.74) is 7.24. The molecular weight excluding hydrogens is 313 g/mol. The second-order valence-electron chi connectivity index (χ2n) is 4.21. The molecule has 0 spiro atoms. The molecule has 2 aromatic carbocycles. The normalized spacial score (nSPS) is 10.3. The first kappa shape index (κ1) is 15.1. The average Bonchev–Trinajstić information content (AvgIpc) is 2.40. The van der Waals surface area contributed by atoms with Gasteiger partial charge in [-0.3, -0.25) is 0 Å². The standard InChI is InChI=1S/C15H13Cl2NOS/c1-2-9-7-10(4-6-13(9)16)19-11-3-5-12(15(18)20)14(17)8-11/h3-8H,2H2,1H3,(H2,18,20). The first-order valence-electron chi connectivity index (χ1n) is 6.07. The molecule has 5 heteroatoms. The van der Waals surface area contributed by atoms with E-state index in [0.717, 1.165) is 17.0 Å². The monoisotopic (exact) mass is 325 g/mol. The molecule has 0 atom stereocenters. The van der Waals surface area contributed by atoms with E-state index < -0.39 is 0 Å². The summed E-state index contributed by atoms with van der Waals surface area (Å²) in [5, 5.41) is 1.21. The van der Waals surface area contributed by atoms with Crippen molar-refractivity contribution in [1.29, 1.82) is 0 Å². The molecule has 2 rings (SSSR count). The number of nitrogens with two attached hydrogens (primary N) is 1. The van der Waals surface area contributed by atoms with Gasteiger partial charge < -0.3 is 10.5 Å². The largest absolute Gasteiger partial charge is 0.457 e. The zero-order chi connectivity index (χ0) is 14.7. The van der Waals surface area contributed by atoms with Crippen LogP contribution in [-0.4, -0.2) is 4.99 Å². The Hall–Kier alpha value is -1.29. The van der Waals surface area contributed by atoms with Crippen LogP contribution in [0.15, 0.2) is 36.4 Å². The molecular formula is C15H13Cl2NOS. The van der Waals surface area contributed by atoms with E-state index in [0.29, 0.717) is 22.1 Å². The van der Waals surface area contributed by atoms with Gasteiger partial charge in [0.1, 0.15) is 16.5 Å². The van der Waals surface area contributed by atoms with Crippen LogP contribution in [0.25, 0.3) is 0 Å². The van der Waals surface area contributed by atoms with Gasteiger partial charge in [-0.2, -0.15) is 0 Å². The molecule has 0 saturated heterocycles. The van der Waals surface area contributed by atoms with Crippen molar-refractivity contribution in [3.63, 3.8) is 0 Å². The van der Waals surface area contributed by atoms with E-state index >= 15 is 0 Å². The van der Waals surface area contributed by atoms with E-state index in [9.17, 15) is 0 Å². The highest BCUT2D eigenvalue weighted by Crippen LogP contribution is 2.29. The van der Waals surface area contributed by atoms with E-state index in [1.54, 1.807) is 18.2 Å². The zero-order valence-corrected chi connectivity index (χ0v) is 13.1. The Labute approximate surface area is 133 Å². The van der Waals surface area contributed by atoms with Gasteiger partial charge in [-0.05, 0) is 42.3 Å². The molecule has 104 valence electrons. The summed E-state index contributed by atoms with van der Waals surface area (Å²) < 4.78 is 5.76. The Kier molecular flexibility index (Phi) is 4.86. The van der Waals surface area contributed by atoms with Crippen LogP contribution in [-0.2, 0) is 6.42 Å². The second-order valence-corrected chi connectivity index (χ2v) is 5.47. The number of benzene rings is 2. The molecule has 2 nitrogen and oxygen atoms in total. The minimum absolute atomic E-state index is 0.265. The molecule has 0 heterocycles. The molecule has 20 heavy (non-hydrogen) atoms. The van der Waals surface area contributed by atoms with Crippen molar-refractivity contribution in [3.8, 4) is 11.5 Å². The molecule has 0 aliphatic rings. The van der Waals surface area contributed by atoms with Crippen LogP contribution in [0.2, 0.25) is 10.0 Å². The van der Waals surface area contributed by atoms with Gasteiger partial charge in [0.15, 0.2) is 0 Å². The van der Waals surface area contributed by atoms with Crippen molar-refractivity contribution in [2.45, 2.75) is 13.3 Å². The lowest BCUT2D eigenvalue weighted by Crippen LogP contribution is -2.09. The maximum absolute atomic E-state index is 6.11. The minimum Gasteiger partial charge on any atom is -0.457 e. The molecule has 2 N–H and O–H groups in total. The summed E-state index contributed by atoms with van der Waals surface area (Å²) >= 11 is 17.1. The molecule has 0 aliphatic carbocycles. The van der Waals surface area contributed by atoms with E-state index in [4.69, 9.17) is 45.9 Å². The average molecular weight is 326 g/mol. The molecule has 0 radical (unpaired) electrons. The third-order valence-corrected chi connectivity index (χ3v) is 3.74. The van der Waals surface area contributed by atoms with Gasteiger partial charge in [0.2, 0.25) is 0 Å². The Morgan fingerprint density at radius 1 is 1.10 bits per heavy atom. The van der Waals surface area contributed by atoms with Crippen molar-refractivity contribution < 1.29 is 4.74 Å². The highest BCUT2D eigenvalue weighted by Gasteiger charge is 2.07. The molecule has 2 aromatic rings. The van der Waals surface area contributed by atoms with Gasteiger partial charge in [0.05, 0.1) is 5.02 Å². The van der Waals surface area contributed by atoms with E-state index in [1.807, 2.05) is 25.1 Å². The highest BCUT2D eigenvalue weighted by atomic mass is 35.5. The minimum atomic E-state index is 0.265. The topological polar surface area (TPSA) is 35.2 Å².